The Kier molecular flexibility index (Phi) is 8.26. The highest BCUT2D eigenvalue weighted by Gasteiger charge is 2.14. The summed E-state index contributed by atoms with van der Waals surface area (Å²) in [7, 11) is 5.76. The van der Waals surface area contributed by atoms with Gasteiger partial charge in [-0.05, 0) is 45.6 Å². The van der Waals surface area contributed by atoms with E-state index < -0.39 is 0 Å². The lowest BCUT2D eigenvalue weighted by Crippen LogP contribution is -2.30. The van der Waals surface area contributed by atoms with Gasteiger partial charge in [0.25, 0.3) is 11.8 Å². The molecule has 1 N–H and O–H groups in total. The van der Waals surface area contributed by atoms with Crippen LogP contribution in [0.1, 0.15) is 47.0 Å². The van der Waals surface area contributed by atoms with Crippen molar-refractivity contribution in [3.8, 4) is 0 Å². The van der Waals surface area contributed by atoms with Gasteiger partial charge in [0.15, 0.2) is 0 Å². The van der Waals surface area contributed by atoms with Gasteiger partial charge in [0.1, 0.15) is 5.69 Å². The summed E-state index contributed by atoms with van der Waals surface area (Å²) < 4.78 is 0. The van der Waals surface area contributed by atoms with Crippen LogP contribution in [0.15, 0.2) is 18.3 Å². The minimum absolute atomic E-state index is 0.0810. The lowest BCUT2D eigenvalue weighted by atomic mass is 10.2. The first-order valence-electron chi connectivity index (χ1n) is 8.10. The number of aromatic nitrogens is 1. The van der Waals surface area contributed by atoms with Crippen LogP contribution in [0, 0.1) is 0 Å². The zero-order valence-electron chi connectivity index (χ0n) is 14.6. The van der Waals surface area contributed by atoms with Crippen molar-refractivity contribution < 1.29 is 9.59 Å². The summed E-state index contributed by atoms with van der Waals surface area (Å²) in [6.07, 6.45) is 4.38. The summed E-state index contributed by atoms with van der Waals surface area (Å²) in [5.41, 5.74) is 0.779. The first-order valence-corrected chi connectivity index (χ1v) is 8.10. The Labute approximate surface area is 138 Å². The molecular weight excluding hydrogens is 292 g/mol. The van der Waals surface area contributed by atoms with Crippen LogP contribution in [0.5, 0.6) is 0 Å². The van der Waals surface area contributed by atoms with Crippen LogP contribution in [-0.4, -0.2) is 67.4 Å². The third kappa shape index (κ3) is 6.78. The fourth-order valence-corrected chi connectivity index (χ4v) is 2.09. The molecule has 0 aliphatic carbocycles. The van der Waals surface area contributed by atoms with E-state index in [-0.39, 0.29) is 17.5 Å². The lowest BCUT2D eigenvalue weighted by Gasteiger charge is -2.17. The Hall–Kier alpha value is -1.95. The van der Waals surface area contributed by atoms with Gasteiger partial charge in [0, 0.05) is 31.9 Å². The van der Waals surface area contributed by atoms with Gasteiger partial charge in [-0.25, -0.2) is 0 Å². The van der Waals surface area contributed by atoms with E-state index in [1.54, 1.807) is 24.1 Å². The Bertz CT molecular complexity index is 517. The average molecular weight is 320 g/mol. The Balaban J connectivity index is 2.61. The van der Waals surface area contributed by atoms with Gasteiger partial charge in [-0.1, -0.05) is 13.3 Å². The van der Waals surface area contributed by atoms with Gasteiger partial charge in [-0.3, -0.25) is 14.6 Å². The van der Waals surface area contributed by atoms with Gasteiger partial charge in [0.05, 0.1) is 0 Å². The van der Waals surface area contributed by atoms with E-state index in [1.165, 1.54) is 6.20 Å². The first-order chi connectivity index (χ1) is 11.0. The first kappa shape index (κ1) is 19.1. The van der Waals surface area contributed by atoms with Crippen molar-refractivity contribution in [1.82, 2.24) is 20.1 Å². The van der Waals surface area contributed by atoms with Crippen LogP contribution < -0.4 is 5.32 Å². The van der Waals surface area contributed by atoms with E-state index in [0.717, 1.165) is 25.8 Å². The maximum absolute atomic E-state index is 12.3. The second-order valence-corrected chi connectivity index (χ2v) is 5.92. The number of nitrogens with zero attached hydrogens (tertiary/aromatic N) is 3. The van der Waals surface area contributed by atoms with E-state index in [4.69, 9.17) is 0 Å². The van der Waals surface area contributed by atoms with Crippen LogP contribution in [0.3, 0.4) is 0 Å². The number of unbranched alkanes of at least 4 members (excludes halogenated alkanes) is 1. The normalized spacial score (nSPS) is 10.7. The van der Waals surface area contributed by atoms with Crippen LogP contribution in [-0.2, 0) is 0 Å². The molecule has 1 rings (SSSR count). The largest absolute Gasteiger partial charge is 0.351 e. The molecule has 1 heterocycles. The van der Waals surface area contributed by atoms with Gasteiger partial charge < -0.3 is 15.1 Å². The molecule has 0 unspecified atom stereocenters. The summed E-state index contributed by atoms with van der Waals surface area (Å²) in [5, 5.41) is 2.83. The quantitative estimate of drug-likeness (QED) is 0.703. The van der Waals surface area contributed by atoms with Gasteiger partial charge in [-0.2, -0.15) is 0 Å². The molecule has 6 heteroatoms. The molecule has 0 spiro atoms. The van der Waals surface area contributed by atoms with Gasteiger partial charge in [0.2, 0.25) is 0 Å². The molecule has 0 fully saturated rings. The number of carbonyl (C=O) groups excluding carboxylic acids is 2. The molecule has 2 amide bonds. The summed E-state index contributed by atoms with van der Waals surface area (Å²) in [6, 6.07) is 3.21. The summed E-state index contributed by atoms with van der Waals surface area (Å²) in [5.74, 6) is -0.322. The Morgan fingerprint density at radius 2 is 1.91 bits per heavy atom. The fraction of sp³-hybridized carbons (Fsp3) is 0.588. The SMILES string of the molecule is CCCCN(C)C(=O)c1ccnc(C(=O)NCCCN(C)C)c1. The van der Waals surface area contributed by atoms with Crippen molar-refractivity contribution >= 4 is 11.8 Å². The summed E-state index contributed by atoms with van der Waals surface area (Å²) >= 11 is 0. The minimum atomic E-state index is -0.241. The van der Waals surface area contributed by atoms with E-state index in [1.807, 2.05) is 14.1 Å². The molecule has 1 aromatic rings. The second kappa shape index (κ2) is 9.94. The molecule has 128 valence electrons. The van der Waals surface area contributed by atoms with Gasteiger partial charge >= 0.3 is 0 Å². The van der Waals surface area contributed by atoms with E-state index in [0.29, 0.717) is 18.7 Å². The molecule has 0 bridgehead atoms. The van der Waals surface area contributed by atoms with E-state index >= 15 is 0 Å². The summed E-state index contributed by atoms with van der Waals surface area (Å²) in [6.45, 7) is 4.30. The number of nitrogens with one attached hydrogen (secondary N) is 1. The molecule has 0 saturated heterocycles. The predicted molar refractivity (Wildman–Crippen MR) is 91.6 cm³/mol. The number of pyridine rings is 1. The zero-order chi connectivity index (χ0) is 17.2. The van der Waals surface area contributed by atoms with Crippen molar-refractivity contribution in [2.75, 3.05) is 40.8 Å². The standard InChI is InChI=1S/C17H28N4O2/c1-5-6-12-21(4)17(23)14-8-10-18-15(13-14)16(22)19-9-7-11-20(2)3/h8,10,13H,5-7,9,11-12H2,1-4H3,(H,19,22). The monoisotopic (exact) mass is 320 g/mol. The highest BCUT2D eigenvalue weighted by Crippen LogP contribution is 2.06. The Morgan fingerprint density at radius 1 is 1.17 bits per heavy atom. The molecule has 0 aromatic carbocycles. The molecule has 0 aliphatic heterocycles. The zero-order valence-corrected chi connectivity index (χ0v) is 14.6. The number of hydrogen-bond acceptors (Lipinski definition) is 4. The Morgan fingerprint density at radius 3 is 2.57 bits per heavy atom. The lowest BCUT2D eigenvalue weighted by molar-refractivity contribution is 0.0793. The van der Waals surface area contributed by atoms with E-state index in [9.17, 15) is 9.59 Å². The van der Waals surface area contributed by atoms with E-state index in [2.05, 4.69) is 22.1 Å². The average Bonchev–Trinajstić information content (AvgIpc) is 2.55. The minimum Gasteiger partial charge on any atom is -0.351 e. The van der Waals surface area contributed by atoms with Crippen LogP contribution in [0.2, 0.25) is 0 Å². The second-order valence-electron chi connectivity index (χ2n) is 5.92. The van der Waals surface area contributed by atoms with Gasteiger partial charge in [-0.15, -0.1) is 0 Å². The highest BCUT2D eigenvalue weighted by molar-refractivity contribution is 5.98. The third-order valence-corrected chi connectivity index (χ3v) is 3.50. The smallest absolute Gasteiger partial charge is 0.269 e. The molecule has 0 radical (unpaired) electrons. The molecule has 0 aliphatic rings. The predicted octanol–water partition coefficient (Wildman–Crippen LogP) is 1.64. The molecular formula is C17H28N4O2. The van der Waals surface area contributed by atoms with Crippen LogP contribution >= 0.6 is 0 Å². The highest BCUT2D eigenvalue weighted by atomic mass is 16.2. The molecule has 0 saturated carbocycles. The topological polar surface area (TPSA) is 65.5 Å². The van der Waals surface area contributed by atoms with Crippen LogP contribution in [0.25, 0.3) is 0 Å². The van der Waals surface area contributed by atoms with Crippen molar-refractivity contribution in [1.29, 1.82) is 0 Å². The molecule has 0 atom stereocenters. The third-order valence-electron chi connectivity index (χ3n) is 3.50. The fourth-order valence-electron chi connectivity index (χ4n) is 2.09. The molecule has 6 nitrogen and oxygen atoms in total. The molecule has 1 aromatic heterocycles. The number of carbonyl (C=O) groups is 2. The van der Waals surface area contributed by atoms with Crippen LogP contribution in [0.4, 0.5) is 0 Å². The van der Waals surface area contributed by atoms with Crippen molar-refractivity contribution in [3.05, 3.63) is 29.6 Å². The van der Waals surface area contributed by atoms with Crippen molar-refractivity contribution in [2.24, 2.45) is 0 Å². The number of rotatable bonds is 9. The number of hydrogen-bond donors (Lipinski definition) is 1. The van der Waals surface area contributed by atoms with Crippen molar-refractivity contribution in [2.45, 2.75) is 26.2 Å². The molecule has 23 heavy (non-hydrogen) atoms. The maximum atomic E-state index is 12.3. The number of amides is 2. The maximum Gasteiger partial charge on any atom is 0.269 e. The van der Waals surface area contributed by atoms with Crippen molar-refractivity contribution in [3.63, 3.8) is 0 Å². The summed E-state index contributed by atoms with van der Waals surface area (Å²) in [4.78, 5) is 32.2.